The number of aryl methyl sites for hydroxylation is 1. The minimum absolute atomic E-state index is 0.250. The first-order valence-corrected chi connectivity index (χ1v) is 9.55. The Kier molecular flexibility index (Phi) is 5.93. The largest absolute Gasteiger partial charge is 0.373 e. The molecule has 7 heteroatoms. The standard InChI is InChI=1S/C20H17BrFN3.CO2/c1-12-16-7-5-13(11-23)9-19(16)24-20(12)25(14-3-2-4-14)15-6-8-17(21)18(22)10-15;2-1-3/h5-10,14,24H,2-4H2,1H3;. The zero-order chi connectivity index (χ0) is 20.3. The quantitative estimate of drug-likeness (QED) is 0.593. The second-order valence-corrected chi connectivity index (χ2v) is 7.46. The number of H-pyrrole nitrogens is 1. The number of nitriles is 1. The molecule has 1 fully saturated rings. The molecule has 4 rings (SSSR count). The van der Waals surface area contributed by atoms with E-state index >= 15 is 0 Å². The Labute approximate surface area is 169 Å². The first kappa shape index (κ1) is 19.8. The predicted molar refractivity (Wildman–Crippen MR) is 107 cm³/mol. The molecule has 0 bridgehead atoms. The minimum Gasteiger partial charge on any atom is -0.341 e. The fourth-order valence-corrected chi connectivity index (χ4v) is 3.68. The normalized spacial score (nSPS) is 13.1. The zero-order valence-electron chi connectivity index (χ0n) is 15.1. The van der Waals surface area contributed by atoms with Gasteiger partial charge >= 0.3 is 6.15 Å². The van der Waals surface area contributed by atoms with E-state index in [-0.39, 0.29) is 12.0 Å². The summed E-state index contributed by atoms with van der Waals surface area (Å²) in [6.07, 6.45) is 3.63. The Hall–Kier alpha value is -2.94. The van der Waals surface area contributed by atoms with Crippen molar-refractivity contribution in [3.8, 4) is 6.07 Å². The van der Waals surface area contributed by atoms with Crippen molar-refractivity contribution >= 4 is 44.5 Å². The lowest BCUT2D eigenvalue weighted by molar-refractivity contribution is -0.191. The molecule has 28 heavy (non-hydrogen) atoms. The molecular formula is C21H17BrFN3O2. The van der Waals surface area contributed by atoms with E-state index in [4.69, 9.17) is 14.9 Å². The van der Waals surface area contributed by atoms with Crippen LogP contribution >= 0.6 is 15.9 Å². The van der Waals surface area contributed by atoms with E-state index in [2.05, 4.69) is 38.8 Å². The average Bonchev–Trinajstić information content (AvgIpc) is 2.97. The van der Waals surface area contributed by atoms with Gasteiger partial charge in [0.15, 0.2) is 0 Å². The van der Waals surface area contributed by atoms with Crippen LogP contribution in [-0.2, 0) is 9.59 Å². The summed E-state index contributed by atoms with van der Waals surface area (Å²) >= 11 is 3.23. The number of nitrogens with zero attached hydrogens (tertiary/aromatic N) is 2. The number of hydrogen-bond donors (Lipinski definition) is 1. The smallest absolute Gasteiger partial charge is 0.341 e. The first-order valence-electron chi connectivity index (χ1n) is 8.76. The van der Waals surface area contributed by atoms with Gasteiger partial charge in [0.25, 0.3) is 0 Å². The maximum Gasteiger partial charge on any atom is 0.373 e. The highest BCUT2D eigenvalue weighted by atomic mass is 79.9. The van der Waals surface area contributed by atoms with Gasteiger partial charge in [-0.1, -0.05) is 6.07 Å². The second-order valence-electron chi connectivity index (χ2n) is 6.61. The summed E-state index contributed by atoms with van der Waals surface area (Å²) in [5.74, 6) is 0.721. The molecule has 1 aliphatic rings. The van der Waals surface area contributed by atoms with Crippen molar-refractivity contribution in [3.05, 3.63) is 57.8 Å². The highest BCUT2D eigenvalue weighted by Gasteiger charge is 2.29. The minimum atomic E-state index is -0.262. The van der Waals surface area contributed by atoms with Crippen molar-refractivity contribution in [1.82, 2.24) is 4.98 Å². The Morgan fingerprint density at radius 2 is 1.93 bits per heavy atom. The van der Waals surface area contributed by atoms with Gasteiger partial charge < -0.3 is 9.88 Å². The van der Waals surface area contributed by atoms with Crippen molar-refractivity contribution in [3.63, 3.8) is 0 Å². The van der Waals surface area contributed by atoms with Gasteiger partial charge in [0.2, 0.25) is 0 Å². The highest BCUT2D eigenvalue weighted by Crippen LogP contribution is 2.40. The second kappa shape index (κ2) is 8.39. The number of benzene rings is 2. The monoisotopic (exact) mass is 441 g/mol. The molecule has 2 aromatic carbocycles. The lowest BCUT2D eigenvalue weighted by Crippen LogP contribution is -2.37. The summed E-state index contributed by atoms with van der Waals surface area (Å²) in [6.45, 7) is 2.07. The molecule has 142 valence electrons. The summed E-state index contributed by atoms with van der Waals surface area (Å²) in [6, 6.07) is 13.5. The Balaban J connectivity index is 0.000000706. The molecule has 0 spiro atoms. The molecular weight excluding hydrogens is 425 g/mol. The van der Waals surface area contributed by atoms with Crippen LogP contribution in [0.3, 0.4) is 0 Å². The van der Waals surface area contributed by atoms with Crippen LogP contribution in [0.25, 0.3) is 10.9 Å². The summed E-state index contributed by atoms with van der Waals surface area (Å²) in [5.41, 5.74) is 3.54. The molecule has 0 amide bonds. The Morgan fingerprint density at radius 1 is 1.21 bits per heavy atom. The lowest BCUT2D eigenvalue weighted by Gasteiger charge is -2.39. The zero-order valence-corrected chi connectivity index (χ0v) is 16.7. The molecule has 5 nitrogen and oxygen atoms in total. The number of nitrogens with one attached hydrogen (secondary N) is 1. The van der Waals surface area contributed by atoms with Crippen molar-refractivity contribution in [2.24, 2.45) is 0 Å². The van der Waals surface area contributed by atoms with E-state index in [0.29, 0.717) is 16.1 Å². The van der Waals surface area contributed by atoms with Gasteiger partial charge in [0.05, 0.1) is 16.1 Å². The van der Waals surface area contributed by atoms with Crippen molar-refractivity contribution in [2.75, 3.05) is 4.90 Å². The summed E-state index contributed by atoms with van der Waals surface area (Å²) in [4.78, 5) is 21.9. The molecule has 1 aromatic heterocycles. The lowest BCUT2D eigenvalue weighted by atomic mass is 9.90. The Morgan fingerprint density at radius 3 is 2.50 bits per heavy atom. The summed E-state index contributed by atoms with van der Waals surface area (Å²) < 4.78 is 14.6. The number of hydrogen-bond acceptors (Lipinski definition) is 4. The molecule has 1 saturated carbocycles. The highest BCUT2D eigenvalue weighted by molar-refractivity contribution is 9.10. The number of anilines is 2. The van der Waals surface area contributed by atoms with Gasteiger partial charge in [-0.2, -0.15) is 14.9 Å². The topological polar surface area (TPSA) is 77.0 Å². The molecule has 1 N–H and O–H groups in total. The number of halogens is 2. The van der Waals surface area contributed by atoms with E-state index in [1.165, 1.54) is 6.42 Å². The van der Waals surface area contributed by atoms with Crippen molar-refractivity contribution < 1.29 is 14.0 Å². The Bertz CT molecular complexity index is 1090. The fourth-order valence-electron chi connectivity index (χ4n) is 3.44. The van der Waals surface area contributed by atoms with Crippen LogP contribution in [-0.4, -0.2) is 17.2 Å². The maximum absolute atomic E-state index is 14.1. The number of rotatable bonds is 3. The van der Waals surface area contributed by atoms with Gasteiger partial charge in [0.1, 0.15) is 11.6 Å². The first-order chi connectivity index (χ1) is 13.5. The van der Waals surface area contributed by atoms with Gasteiger partial charge in [-0.3, -0.25) is 0 Å². The number of carbonyl (C=O) groups excluding carboxylic acids is 2. The summed E-state index contributed by atoms with van der Waals surface area (Å²) in [5, 5.41) is 10.2. The van der Waals surface area contributed by atoms with E-state index in [1.807, 2.05) is 24.3 Å². The van der Waals surface area contributed by atoms with Gasteiger partial charge in [-0.15, -0.1) is 0 Å². The molecule has 0 saturated heterocycles. The number of fused-ring (bicyclic) bond motifs is 1. The van der Waals surface area contributed by atoms with Crippen LogP contribution in [0.4, 0.5) is 15.9 Å². The van der Waals surface area contributed by atoms with Crippen molar-refractivity contribution in [2.45, 2.75) is 32.2 Å². The number of aromatic amines is 1. The maximum atomic E-state index is 14.1. The van der Waals surface area contributed by atoms with E-state index in [0.717, 1.165) is 40.8 Å². The average molecular weight is 442 g/mol. The van der Waals surface area contributed by atoms with Crippen LogP contribution in [0.5, 0.6) is 0 Å². The third kappa shape index (κ3) is 3.70. The van der Waals surface area contributed by atoms with E-state index < -0.39 is 0 Å². The van der Waals surface area contributed by atoms with Crippen LogP contribution in [0.1, 0.15) is 30.4 Å². The SMILES string of the molecule is Cc1c(N(c2ccc(Br)c(F)c2)C2CCC2)[nH]c2cc(C#N)ccc12.O=C=O. The summed E-state index contributed by atoms with van der Waals surface area (Å²) in [7, 11) is 0. The third-order valence-corrected chi connectivity index (χ3v) is 5.67. The van der Waals surface area contributed by atoms with Gasteiger partial charge in [-0.25, -0.2) is 4.39 Å². The van der Waals surface area contributed by atoms with Crippen LogP contribution in [0, 0.1) is 24.1 Å². The molecule has 0 atom stereocenters. The van der Waals surface area contributed by atoms with E-state index in [1.54, 1.807) is 12.1 Å². The molecule has 0 unspecified atom stereocenters. The third-order valence-electron chi connectivity index (χ3n) is 5.02. The molecule has 0 radical (unpaired) electrons. The van der Waals surface area contributed by atoms with E-state index in [9.17, 15) is 4.39 Å². The van der Waals surface area contributed by atoms with Crippen LogP contribution in [0.2, 0.25) is 0 Å². The van der Waals surface area contributed by atoms with Crippen molar-refractivity contribution in [1.29, 1.82) is 5.26 Å². The fraction of sp³-hybridized carbons (Fsp3) is 0.238. The van der Waals surface area contributed by atoms with Gasteiger partial charge in [0, 0.05) is 22.6 Å². The molecule has 1 heterocycles. The van der Waals surface area contributed by atoms with Crippen LogP contribution in [0.15, 0.2) is 40.9 Å². The molecule has 1 aliphatic carbocycles. The van der Waals surface area contributed by atoms with Gasteiger partial charge in [-0.05, 0) is 78.0 Å². The molecule has 3 aromatic rings. The predicted octanol–water partition coefficient (Wildman–Crippen LogP) is 5.36. The molecule has 0 aliphatic heterocycles. The van der Waals surface area contributed by atoms with Crippen LogP contribution < -0.4 is 4.90 Å². The number of aromatic nitrogens is 1.